The van der Waals surface area contributed by atoms with Crippen molar-refractivity contribution in [3.8, 4) is 11.8 Å². The van der Waals surface area contributed by atoms with E-state index in [1.807, 2.05) is 0 Å². The molecule has 648 valence electrons. The Labute approximate surface area is 673 Å². The highest BCUT2D eigenvalue weighted by Crippen LogP contribution is 2.27. The van der Waals surface area contributed by atoms with Gasteiger partial charge >= 0.3 is 12.1 Å². The molecule has 0 radical (unpaired) electrons. The number of benzene rings is 1. The topological polar surface area (TPSA) is 479 Å². The second kappa shape index (κ2) is 60.5. The summed E-state index contributed by atoms with van der Waals surface area (Å²) >= 11 is 0. The Balaban J connectivity index is 1.51. The molecule has 36 nitrogen and oxygen atoms in total. The number of hydrogen-bond acceptors (Lipinski definition) is 24. The number of hydrazine groups is 1. The third-order valence-electron chi connectivity index (χ3n) is 18.2. The molecular formula is C78H136N15O21+. The van der Waals surface area contributed by atoms with Crippen LogP contribution in [0.15, 0.2) is 35.7 Å². The van der Waals surface area contributed by atoms with Crippen LogP contribution in [0.25, 0.3) is 0 Å². The first-order valence-electron chi connectivity index (χ1n) is 40.1. The molecule has 0 aliphatic heterocycles. The Hall–Kier alpha value is -8.06. The van der Waals surface area contributed by atoms with E-state index in [0.29, 0.717) is 160 Å². The number of nitrogens with zero attached hydrogens (tertiary/aromatic N) is 3. The number of anilines is 1. The summed E-state index contributed by atoms with van der Waals surface area (Å²) in [4.78, 5) is 130. The van der Waals surface area contributed by atoms with Crippen LogP contribution >= 0.6 is 0 Å². The molecule has 3 unspecified atom stereocenters. The average Bonchev–Trinajstić information content (AvgIpc) is 0.833. The highest BCUT2D eigenvalue weighted by molar-refractivity contribution is 5.92. The standard InChI is InChI=1S/C78H135N15O21/c1-57(2)71(74(79)99)89-76(101)63(88-68(96)30-38-105-42-46-109-50-52-111-48-44-107-40-34-86-69(97)55-112-62-20-12-10-9-11-13-21-62)22-14-16-31-84-70(98)56-113-65-23-18-19-61(53-64(72(65)90-82)83-33-39-106-43-47-110-51-49-108-45-41-104-37-29-66(94)85-32-36-93(6,7)8)92(77(81)102)35-17-15-24-67(95)87-60-27-25-59(26-28-60)54-114-78(103)91(5)73(58(3)4)75(80)100/h25-28,57-58,61-63,65,71,73,83,90H,9-12,14-20,22-24,29-56,82H2,1-8H3,(H11-,79,80,81,84,85,86,87,88,89,94,95,96,97,98,99,100,101,102)/p+1/t61?,62?,63-,65?,71+,73+/m1/s1. The molecule has 36 heteroatoms. The zero-order valence-corrected chi connectivity index (χ0v) is 68.9. The van der Waals surface area contributed by atoms with Gasteiger partial charge in [-0.25, -0.2) is 9.59 Å². The monoisotopic (exact) mass is 1620 g/mol. The van der Waals surface area contributed by atoms with Gasteiger partial charge in [0.1, 0.15) is 50.2 Å². The number of primary amides is 3. The normalized spacial score (nSPS) is 15.9. The molecule has 2 aliphatic carbocycles. The highest BCUT2D eigenvalue weighted by atomic mass is 16.6. The smallest absolute Gasteiger partial charge is 0.410 e. The van der Waals surface area contributed by atoms with Crippen molar-refractivity contribution in [3.63, 3.8) is 0 Å². The summed E-state index contributed by atoms with van der Waals surface area (Å²) in [5.41, 5.74) is 22.2. The molecule has 0 saturated carbocycles. The molecule has 0 spiro atoms. The number of urea groups is 1. The Bertz CT molecular complexity index is 3060. The minimum absolute atomic E-state index is 0.0414. The average molecular weight is 1620 g/mol. The molecule has 0 bridgehead atoms. The van der Waals surface area contributed by atoms with E-state index in [1.165, 1.54) is 11.9 Å². The lowest BCUT2D eigenvalue weighted by Gasteiger charge is -2.35. The van der Waals surface area contributed by atoms with E-state index >= 15 is 0 Å². The maximum Gasteiger partial charge on any atom is 0.410 e. The van der Waals surface area contributed by atoms with Gasteiger partial charge in [0.2, 0.25) is 47.3 Å². The molecule has 1 aromatic rings. The fourth-order valence-corrected chi connectivity index (χ4v) is 12.0. The Morgan fingerprint density at radius 3 is 1.70 bits per heavy atom. The predicted molar refractivity (Wildman–Crippen MR) is 425 cm³/mol. The summed E-state index contributed by atoms with van der Waals surface area (Å²) in [5, 5.41) is 20.3. The zero-order chi connectivity index (χ0) is 83.7. The van der Waals surface area contributed by atoms with E-state index in [4.69, 9.17) is 75.1 Å². The number of unbranched alkanes of at least 4 members (excludes halogenated alkanes) is 2. The van der Waals surface area contributed by atoms with Crippen LogP contribution < -0.4 is 65.7 Å². The summed E-state index contributed by atoms with van der Waals surface area (Å²) < 4.78 is 63.1. The summed E-state index contributed by atoms with van der Waals surface area (Å²) in [5.74, 6) is 8.56. The molecule has 11 amide bonds. The molecule has 6 atom stereocenters. The van der Waals surface area contributed by atoms with Crippen LogP contribution in [0, 0.1) is 23.7 Å². The second-order valence-electron chi connectivity index (χ2n) is 29.5. The van der Waals surface area contributed by atoms with Gasteiger partial charge in [-0.2, -0.15) is 0 Å². The molecule has 0 heterocycles. The van der Waals surface area contributed by atoms with Crippen molar-refractivity contribution in [2.45, 2.75) is 180 Å². The molecule has 16 N–H and O–H groups in total. The van der Waals surface area contributed by atoms with E-state index in [9.17, 15) is 47.9 Å². The second-order valence-corrected chi connectivity index (χ2v) is 29.5. The van der Waals surface area contributed by atoms with Gasteiger partial charge in [-0.15, -0.1) is 5.92 Å². The summed E-state index contributed by atoms with van der Waals surface area (Å²) in [6.07, 6.45) is 7.19. The van der Waals surface area contributed by atoms with E-state index in [-0.39, 0.29) is 134 Å². The van der Waals surface area contributed by atoms with Gasteiger partial charge in [-0.1, -0.05) is 52.2 Å². The van der Waals surface area contributed by atoms with Gasteiger partial charge in [-0.3, -0.25) is 49.1 Å². The number of nitrogens with two attached hydrogens (primary N) is 4. The Kier molecular flexibility index (Phi) is 53.1. The largest absolute Gasteiger partial charge is 0.445 e. The van der Waals surface area contributed by atoms with Gasteiger partial charge in [0.15, 0.2) is 0 Å². The van der Waals surface area contributed by atoms with Gasteiger partial charge < -0.3 is 121 Å². The maximum atomic E-state index is 13.6. The Morgan fingerprint density at radius 2 is 1.13 bits per heavy atom. The SMILES string of the molecule is CC(C)[C@H](NC(=O)[C@@H](CCCCNC(=O)COC1CCCC(N(CCCCC(=O)Nc2ccc(COC(=O)N(C)[C@H](C(N)=O)C(C)C)cc2)C(N)=O)CC(NCCOCCOCCOCCOCCC(=O)NCC[N+](C)(C)C)=C1NN)NC(=O)CCOCCOCCOCCOCCNC(=O)COC1C#CCCCCC1)C(N)=O. The van der Waals surface area contributed by atoms with Gasteiger partial charge in [-0.05, 0) is 100 Å². The minimum Gasteiger partial charge on any atom is -0.445 e. The third-order valence-corrected chi connectivity index (χ3v) is 18.2. The van der Waals surface area contributed by atoms with Crippen LogP contribution in [0.5, 0.6) is 0 Å². The number of carbonyl (C=O) groups is 10. The van der Waals surface area contributed by atoms with Gasteiger partial charge in [0.25, 0.3) is 0 Å². The number of nitrogens with one attached hydrogen (secondary N) is 8. The van der Waals surface area contributed by atoms with Gasteiger partial charge in [0.05, 0.1) is 146 Å². The minimum atomic E-state index is -1.04. The molecule has 0 saturated heterocycles. The fraction of sp³-hybridized carbons (Fsp3) is 0.744. The number of rotatable bonds is 63. The summed E-state index contributed by atoms with van der Waals surface area (Å²) in [6.45, 7) is 13.7. The van der Waals surface area contributed by atoms with Crippen LogP contribution in [0.4, 0.5) is 15.3 Å². The lowest BCUT2D eigenvalue weighted by molar-refractivity contribution is -0.869. The van der Waals surface area contributed by atoms with Crippen LogP contribution in [0.1, 0.15) is 142 Å². The maximum absolute atomic E-state index is 13.6. The summed E-state index contributed by atoms with van der Waals surface area (Å²) in [7, 11) is 7.64. The molecule has 114 heavy (non-hydrogen) atoms. The predicted octanol–water partition coefficient (Wildman–Crippen LogP) is 1.45. The van der Waals surface area contributed by atoms with E-state index in [1.54, 1.807) is 56.9 Å². The van der Waals surface area contributed by atoms with Crippen LogP contribution in [0.2, 0.25) is 0 Å². The molecule has 3 rings (SSSR count). The number of likely N-dealkylation sites (N-methyl/N-ethyl adjacent to an activating group) is 2. The zero-order valence-electron chi connectivity index (χ0n) is 68.9. The first-order valence-corrected chi connectivity index (χ1v) is 40.1. The first kappa shape index (κ1) is 100. The molecule has 0 aromatic heterocycles. The van der Waals surface area contributed by atoms with E-state index in [2.05, 4.69) is 75.6 Å². The number of quaternary nitrogens is 1. The molecule has 1 aromatic carbocycles. The van der Waals surface area contributed by atoms with Gasteiger partial charge in [0, 0.05) is 82.8 Å². The number of carbonyl (C=O) groups excluding carboxylic acids is 10. The van der Waals surface area contributed by atoms with Crippen molar-refractivity contribution in [3.05, 3.63) is 41.2 Å². The van der Waals surface area contributed by atoms with Crippen molar-refractivity contribution < 1.29 is 105 Å². The lowest BCUT2D eigenvalue weighted by atomic mass is 9.94. The lowest BCUT2D eigenvalue weighted by Crippen LogP contribution is -2.54. The van der Waals surface area contributed by atoms with Crippen LogP contribution in [-0.2, 0) is 97.1 Å². The molecule has 0 fully saturated rings. The number of hydrogen-bond donors (Lipinski definition) is 12. The van der Waals surface area contributed by atoms with Crippen molar-refractivity contribution in [1.82, 2.24) is 47.1 Å². The number of amides is 11. The van der Waals surface area contributed by atoms with E-state index < -0.39 is 71.9 Å². The summed E-state index contributed by atoms with van der Waals surface area (Å²) in [6, 6.07) is 2.86. The van der Waals surface area contributed by atoms with Crippen LogP contribution in [-0.4, -0.2) is 296 Å². The van der Waals surface area contributed by atoms with Crippen LogP contribution in [0.3, 0.4) is 0 Å². The fourth-order valence-electron chi connectivity index (χ4n) is 12.0. The van der Waals surface area contributed by atoms with E-state index in [0.717, 1.165) is 43.1 Å². The highest BCUT2D eigenvalue weighted by Gasteiger charge is 2.32. The van der Waals surface area contributed by atoms with Crippen molar-refractivity contribution in [2.75, 3.05) is 192 Å². The molecular weight excluding hydrogens is 1480 g/mol. The molecule has 2 aliphatic rings. The van der Waals surface area contributed by atoms with Crippen molar-refractivity contribution in [2.24, 2.45) is 34.9 Å². The quantitative estimate of drug-likeness (QED) is 0.0144. The first-order chi connectivity index (χ1) is 54.7. The van der Waals surface area contributed by atoms with Crippen molar-refractivity contribution >= 4 is 65.1 Å². The Morgan fingerprint density at radius 1 is 0.561 bits per heavy atom. The number of ether oxygens (including phenoxy) is 11. The third kappa shape index (κ3) is 47.1. The van der Waals surface area contributed by atoms with Crippen molar-refractivity contribution in [1.29, 1.82) is 0 Å².